The minimum absolute atomic E-state index is 0.0334. The average Bonchev–Trinajstić information content (AvgIpc) is 2.57. The Morgan fingerprint density at radius 2 is 1.94 bits per heavy atom. The Balaban J connectivity index is 2.64. The summed E-state index contributed by atoms with van der Waals surface area (Å²) in [5.74, 6) is 0. The van der Waals surface area contributed by atoms with Gasteiger partial charge in [-0.1, -0.05) is 29.8 Å². The van der Waals surface area contributed by atoms with Gasteiger partial charge < -0.3 is 5.73 Å². The van der Waals surface area contributed by atoms with Crippen LogP contribution < -0.4 is 5.73 Å². The molecule has 2 N–H and O–H groups in total. The van der Waals surface area contributed by atoms with Gasteiger partial charge in [0.1, 0.15) is 0 Å². The summed E-state index contributed by atoms with van der Waals surface area (Å²) in [5, 5.41) is 5.16. The highest BCUT2D eigenvalue weighted by atomic mass is 35.5. The van der Waals surface area contributed by atoms with Crippen LogP contribution in [0.15, 0.2) is 24.3 Å². The molecule has 0 amide bonds. The van der Waals surface area contributed by atoms with E-state index in [1.54, 1.807) is 0 Å². The van der Waals surface area contributed by atoms with Crippen LogP contribution in [0.5, 0.6) is 0 Å². The lowest BCUT2D eigenvalue weighted by Gasteiger charge is -2.13. The molecule has 0 saturated heterocycles. The molecule has 0 aliphatic heterocycles. The van der Waals surface area contributed by atoms with Crippen LogP contribution in [0.3, 0.4) is 0 Å². The van der Waals surface area contributed by atoms with Gasteiger partial charge in [-0.05, 0) is 32.4 Å². The second-order valence-electron chi connectivity index (χ2n) is 4.24. The van der Waals surface area contributed by atoms with Crippen LogP contribution in [0.2, 0.25) is 5.02 Å². The Morgan fingerprint density at radius 1 is 1.29 bits per heavy atom. The first kappa shape index (κ1) is 12.1. The number of halogens is 1. The Hall–Kier alpha value is -1.32. The summed E-state index contributed by atoms with van der Waals surface area (Å²) >= 11 is 6.17. The maximum atomic E-state index is 6.17. The predicted octanol–water partition coefficient (Wildman–Crippen LogP) is 3.16. The monoisotopic (exact) mass is 249 g/mol. The van der Waals surface area contributed by atoms with Gasteiger partial charge in [0.25, 0.3) is 0 Å². The fraction of sp³-hybridized carbons (Fsp3) is 0.308. The Labute approximate surface area is 106 Å². The third-order valence-corrected chi connectivity index (χ3v) is 3.41. The summed E-state index contributed by atoms with van der Waals surface area (Å²) in [4.78, 5) is 0. The summed E-state index contributed by atoms with van der Waals surface area (Å²) in [6.07, 6.45) is 0. The summed E-state index contributed by atoms with van der Waals surface area (Å²) < 4.78 is 1.86. The third kappa shape index (κ3) is 2.08. The smallest absolute Gasteiger partial charge is 0.0848 e. The van der Waals surface area contributed by atoms with E-state index < -0.39 is 0 Å². The Bertz CT molecular complexity index is 544. The predicted molar refractivity (Wildman–Crippen MR) is 70.7 cm³/mol. The molecule has 1 aromatic heterocycles. The first-order chi connectivity index (χ1) is 8.02. The molecule has 0 radical (unpaired) electrons. The lowest BCUT2D eigenvalue weighted by Crippen LogP contribution is -2.11. The van der Waals surface area contributed by atoms with Gasteiger partial charge in [0.05, 0.1) is 22.1 Å². The summed E-state index contributed by atoms with van der Waals surface area (Å²) in [5.41, 5.74) is 9.81. The maximum absolute atomic E-state index is 6.17. The zero-order valence-electron chi connectivity index (χ0n) is 10.2. The van der Waals surface area contributed by atoms with Crippen LogP contribution in [-0.4, -0.2) is 9.78 Å². The van der Waals surface area contributed by atoms with E-state index in [2.05, 4.69) is 5.10 Å². The van der Waals surface area contributed by atoms with Crippen molar-refractivity contribution < 1.29 is 0 Å². The van der Waals surface area contributed by atoms with Crippen molar-refractivity contribution in [3.05, 3.63) is 46.2 Å². The number of hydrogen-bond acceptors (Lipinski definition) is 2. The molecule has 0 bridgehead atoms. The molecule has 0 unspecified atom stereocenters. The number of nitrogens with two attached hydrogens (primary N) is 1. The van der Waals surface area contributed by atoms with Crippen molar-refractivity contribution in [2.24, 2.45) is 5.73 Å². The van der Waals surface area contributed by atoms with E-state index in [-0.39, 0.29) is 6.04 Å². The molecule has 0 saturated carbocycles. The van der Waals surface area contributed by atoms with Crippen molar-refractivity contribution in [3.8, 4) is 5.69 Å². The number of aryl methyl sites for hydroxylation is 1. The first-order valence-electron chi connectivity index (χ1n) is 5.59. The van der Waals surface area contributed by atoms with Gasteiger partial charge >= 0.3 is 0 Å². The van der Waals surface area contributed by atoms with E-state index in [9.17, 15) is 0 Å². The minimum Gasteiger partial charge on any atom is -0.324 e. The Kier molecular flexibility index (Phi) is 3.22. The van der Waals surface area contributed by atoms with Gasteiger partial charge in [0, 0.05) is 6.04 Å². The van der Waals surface area contributed by atoms with Gasteiger partial charge in [-0.15, -0.1) is 0 Å². The zero-order valence-corrected chi connectivity index (χ0v) is 11.0. The van der Waals surface area contributed by atoms with Crippen LogP contribution in [0.25, 0.3) is 5.69 Å². The second-order valence-corrected chi connectivity index (χ2v) is 4.62. The molecule has 1 heterocycles. The van der Waals surface area contributed by atoms with Crippen LogP contribution in [-0.2, 0) is 0 Å². The van der Waals surface area contributed by atoms with Crippen LogP contribution in [0, 0.1) is 13.8 Å². The molecule has 17 heavy (non-hydrogen) atoms. The highest BCUT2D eigenvalue weighted by Gasteiger charge is 2.14. The molecule has 2 rings (SSSR count). The van der Waals surface area contributed by atoms with Crippen molar-refractivity contribution in [3.63, 3.8) is 0 Å². The van der Waals surface area contributed by atoms with Crippen LogP contribution in [0.4, 0.5) is 0 Å². The van der Waals surface area contributed by atoms with E-state index in [1.165, 1.54) is 0 Å². The SMILES string of the molecule is Cc1nn(-c2ccccc2[C@@H](C)N)c(C)c1Cl. The molecule has 0 fully saturated rings. The summed E-state index contributed by atoms with van der Waals surface area (Å²) in [6, 6.07) is 7.95. The van der Waals surface area contributed by atoms with E-state index in [0.29, 0.717) is 5.02 Å². The topological polar surface area (TPSA) is 43.8 Å². The number of rotatable bonds is 2. The number of benzene rings is 1. The number of nitrogens with zero attached hydrogens (tertiary/aromatic N) is 2. The molecule has 90 valence electrons. The highest BCUT2D eigenvalue weighted by Crippen LogP contribution is 2.26. The lowest BCUT2D eigenvalue weighted by atomic mass is 10.1. The molecular formula is C13H16ClN3. The number of hydrogen-bond donors (Lipinski definition) is 1. The van der Waals surface area contributed by atoms with Crippen molar-refractivity contribution in [2.45, 2.75) is 26.8 Å². The average molecular weight is 250 g/mol. The molecule has 1 aromatic carbocycles. The van der Waals surface area contributed by atoms with E-state index in [1.807, 2.05) is 49.7 Å². The number of para-hydroxylation sites is 1. The van der Waals surface area contributed by atoms with Gasteiger partial charge in [-0.2, -0.15) is 5.10 Å². The van der Waals surface area contributed by atoms with Crippen molar-refractivity contribution in [1.29, 1.82) is 0 Å². The van der Waals surface area contributed by atoms with Crippen molar-refractivity contribution >= 4 is 11.6 Å². The van der Waals surface area contributed by atoms with Crippen LogP contribution in [0.1, 0.15) is 29.9 Å². The lowest BCUT2D eigenvalue weighted by molar-refractivity contribution is 0.766. The largest absolute Gasteiger partial charge is 0.324 e. The van der Waals surface area contributed by atoms with E-state index in [4.69, 9.17) is 17.3 Å². The molecule has 2 aromatic rings. The highest BCUT2D eigenvalue weighted by molar-refractivity contribution is 6.31. The molecule has 0 aliphatic carbocycles. The van der Waals surface area contributed by atoms with E-state index in [0.717, 1.165) is 22.6 Å². The molecule has 0 spiro atoms. The third-order valence-electron chi connectivity index (χ3n) is 2.86. The molecule has 4 heteroatoms. The molecule has 1 atom stereocenters. The summed E-state index contributed by atoms with van der Waals surface area (Å²) in [6.45, 7) is 5.83. The van der Waals surface area contributed by atoms with Crippen molar-refractivity contribution in [1.82, 2.24) is 9.78 Å². The standard InChI is InChI=1S/C13H16ClN3/c1-8(15)11-6-4-5-7-12(11)17-10(3)13(14)9(2)16-17/h4-8H,15H2,1-3H3/t8-/m1/s1. The summed E-state index contributed by atoms with van der Waals surface area (Å²) in [7, 11) is 0. The van der Waals surface area contributed by atoms with Gasteiger partial charge in [0.2, 0.25) is 0 Å². The minimum atomic E-state index is -0.0334. The molecular weight excluding hydrogens is 234 g/mol. The number of aromatic nitrogens is 2. The molecule has 3 nitrogen and oxygen atoms in total. The normalized spacial score (nSPS) is 12.8. The van der Waals surface area contributed by atoms with Crippen LogP contribution >= 0.6 is 11.6 Å². The zero-order chi connectivity index (χ0) is 12.6. The molecule has 0 aliphatic rings. The van der Waals surface area contributed by atoms with Gasteiger partial charge in [0.15, 0.2) is 0 Å². The fourth-order valence-corrected chi connectivity index (χ4v) is 2.04. The van der Waals surface area contributed by atoms with Gasteiger partial charge in [-0.25, -0.2) is 4.68 Å². The van der Waals surface area contributed by atoms with Gasteiger partial charge in [-0.3, -0.25) is 0 Å². The fourth-order valence-electron chi connectivity index (χ4n) is 1.92. The first-order valence-corrected chi connectivity index (χ1v) is 5.96. The van der Waals surface area contributed by atoms with Crippen molar-refractivity contribution in [2.75, 3.05) is 0 Å². The quantitative estimate of drug-likeness (QED) is 0.889. The van der Waals surface area contributed by atoms with E-state index >= 15 is 0 Å². The second kappa shape index (κ2) is 4.51. The maximum Gasteiger partial charge on any atom is 0.0848 e. The Morgan fingerprint density at radius 3 is 2.47 bits per heavy atom.